The molecule has 0 spiro atoms. The first-order chi connectivity index (χ1) is 7.94. The normalized spacial score (nSPS) is 11.5. The molecule has 7 heteroatoms. The molecule has 0 aliphatic carbocycles. The van der Waals surface area contributed by atoms with E-state index < -0.39 is 15.8 Å². The largest absolute Gasteiger partial charge is 0.330 e. The van der Waals surface area contributed by atoms with Gasteiger partial charge in [0.05, 0.1) is 11.4 Å². The van der Waals surface area contributed by atoms with Crippen molar-refractivity contribution >= 4 is 31.6 Å². The monoisotopic (exact) mass is 324 g/mol. The molecule has 0 heterocycles. The minimum atomic E-state index is -3.40. The molecule has 1 aromatic rings. The number of hydrogen-bond acceptors (Lipinski definition) is 3. The van der Waals surface area contributed by atoms with E-state index in [-0.39, 0.29) is 5.75 Å². The third kappa shape index (κ3) is 5.01. The molecule has 0 unspecified atom stereocenters. The van der Waals surface area contributed by atoms with Crippen molar-refractivity contribution in [3.8, 4) is 0 Å². The Bertz CT molecular complexity index is 479. The van der Waals surface area contributed by atoms with E-state index in [1.807, 2.05) is 0 Å². The van der Waals surface area contributed by atoms with Crippen molar-refractivity contribution < 1.29 is 12.8 Å². The van der Waals surface area contributed by atoms with Crippen molar-refractivity contribution in [2.45, 2.75) is 12.8 Å². The number of hydrogen-bond donors (Lipinski definition) is 2. The van der Waals surface area contributed by atoms with Crippen molar-refractivity contribution in [3.63, 3.8) is 0 Å². The van der Waals surface area contributed by atoms with Gasteiger partial charge >= 0.3 is 0 Å². The summed E-state index contributed by atoms with van der Waals surface area (Å²) in [5.41, 5.74) is 5.62. The van der Waals surface area contributed by atoms with Crippen LogP contribution >= 0.6 is 15.9 Å². The van der Waals surface area contributed by atoms with Crippen LogP contribution in [0, 0.1) is 5.82 Å². The minimum Gasteiger partial charge on any atom is -0.330 e. The summed E-state index contributed by atoms with van der Waals surface area (Å²) in [7, 11) is -3.40. The molecular formula is C10H14BrFN2O2S. The summed E-state index contributed by atoms with van der Waals surface area (Å²) in [6, 6.07) is 3.78. The molecule has 1 rings (SSSR count). The standard InChI is InChI=1S/C10H14BrFN2O2S/c11-9-7-8(12)3-4-10(9)14-17(15,16)6-2-1-5-13/h3-4,7,14H,1-2,5-6,13H2. The predicted molar refractivity (Wildman–Crippen MR) is 69.8 cm³/mol. The van der Waals surface area contributed by atoms with E-state index in [2.05, 4.69) is 20.7 Å². The molecular weight excluding hydrogens is 311 g/mol. The highest BCUT2D eigenvalue weighted by Gasteiger charge is 2.12. The molecule has 0 aliphatic rings. The first kappa shape index (κ1) is 14.4. The molecule has 0 amide bonds. The SMILES string of the molecule is NCCCCS(=O)(=O)Nc1ccc(F)cc1Br. The molecule has 0 atom stereocenters. The molecule has 96 valence electrons. The zero-order valence-electron chi connectivity index (χ0n) is 9.12. The molecule has 0 fully saturated rings. The lowest BCUT2D eigenvalue weighted by atomic mass is 10.3. The van der Waals surface area contributed by atoms with E-state index in [4.69, 9.17) is 5.73 Å². The number of nitrogens with two attached hydrogens (primary N) is 1. The van der Waals surface area contributed by atoms with Crippen LogP contribution in [-0.4, -0.2) is 20.7 Å². The van der Waals surface area contributed by atoms with Crippen molar-refractivity contribution in [3.05, 3.63) is 28.5 Å². The molecule has 0 aliphatic heterocycles. The van der Waals surface area contributed by atoms with Crippen molar-refractivity contribution in [2.75, 3.05) is 17.0 Å². The van der Waals surface area contributed by atoms with Gasteiger partial charge < -0.3 is 5.73 Å². The van der Waals surface area contributed by atoms with Crippen LogP contribution in [0.1, 0.15) is 12.8 Å². The van der Waals surface area contributed by atoms with Crippen LogP contribution < -0.4 is 10.5 Å². The number of sulfonamides is 1. The number of rotatable bonds is 6. The first-order valence-electron chi connectivity index (χ1n) is 5.10. The van der Waals surface area contributed by atoms with Gasteiger partial charge in [0.15, 0.2) is 0 Å². The van der Waals surface area contributed by atoms with Gasteiger partial charge in [0.1, 0.15) is 5.82 Å². The second kappa shape index (κ2) is 6.32. The highest BCUT2D eigenvalue weighted by atomic mass is 79.9. The Hall–Kier alpha value is -0.660. The maximum absolute atomic E-state index is 12.8. The molecule has 0 aromatic heterocycles. The van der Waals surface area contributed by atoms with Gasteiger partial charge in [-0.15, -0.1) is 0 Å². The Kier molecular flexibility index (Phi) is 5.35. The van der Waals surface area contributed by atoms with Gasteiger partial charge in [-0.1, -0.05) is 0 Å². The second-order valence-electron chi connectivity index (χ2n) is 3.54. The van der Waals surface area contributed by atoms with Gasteiger partial charge in [-0.3, -0.25) is 4.72 Å². The Morgan fingerprint density at radius 1 is 1.35 bits per heavy atom. The van der Waals surface area contributed by atoms with Crippen LogP contribution in [0.15, 0.2) is 22.7 Å². The third-order valence-electron chi connectivity index (χ3n) is 2.06. The number of anilines is 1. The molecule has 1 aromatic carbocycles. The fourth-order valence-electron chi connectivity index (χ4n) is 1.23. The van der Waals surface area contributed by atoms with E-state index >= 15 is 0 Å². The highest BCUT2D eigenvalue weighted by molar-refractivity contribution is 9.10. The van der Waals surface area contributed by atoms with Crippen LogP contribution in [0.5, 0.6) is 0 Å². The van der Waals surface area contributed by atoms with Crippen molar-refractivity contribution in [1.29, 1.82) is 0 Å². The molecule has 17 heavy (non-hydrogen) atoms. The summed E-state index contributed by atoms with van der Waals surface area (Å²) in [5.74, 6) is -0.420. The zero-order chi connectivity index (χ0) is 12.9. The summed E-state index contributed by atoms with van der Waals surface area (Å²) in [4.78, 5) is 0. The lowest BCUT2D eigenvalue weighted by molar-refractivity contribution is 0.596. The number of halogens is 2. The van der Waals surface area contributed by atoms with Gasteiger partial charge in [-0.2, -0.15) is 0 Å². The number of benzene rings is 1. The summed E-state index contributed by atoms with van der Waals surface area (Å²) >= 11 is 3.09. The van der Waals surface area contributed by atoms with Crippen LogP contribution in [0.3, 0.4) is 0 Å². The molecule has 4 nitrogen and oxygen atoms in total. The third-order valence-corrected chi connectivity index (χ3v) is 4.08. The zero-order valence-corrected chi connectivity index (χ0v) is 11.5. The predicted octanol–water partition coefficient (Wildman–Crippen LogP) is 2.07. The second-order valence-corrected chi connectivity index (χ2v) is 6.24. The lowest BCUT2D eigenvalue weighted by Crippen LogP contribution is -2.17. The van der Waals surface area contributed by atoms with Gasteiger partial charge in [0, 0.05) is 4.47 Å². The number of unbranched alkanes of at least 4 members (excludes halogenated alkanes) is 1. The summed E-state index contributed by atoms with van der Waals surface area (Å²) in [6.45, 7) is 0.468. The first-order valence-corrected chi connectivity index (χ1v) is 7.55. The van der Waals surface area contributed by atoms with E-state index in [0.29, 0.717) is 29.5 Å². The van der Waals surface area contributed by atoms with Gasteiger partial charge in [0.2, 0.25) is 10.0 Å². The maximum Gasteiger partial charge on any atom is 0.232 e. The smallest absolute Gasteiger partial charge is 0.232 e. The molecule has 3 N–H and O–H groups in total. The van der Waals surface area contributed by atoms with E-state index in [1.54, 1.807) is 0 Å². The van der Waals surface area contributed by atoms with Crippen molar-refractivity contribution in [1.82, 2.24) is 0 Å². The van der Waals surface area contributed by atoms with Crippen LogP contribution in [0.2, 0.25) is 0 Å². The average molecular weight is 325 g/mol. The summed E-state index contributed by atoms with van der Waals surface area (Å²) in [6.07, 6.45) is 1.16. The Balaban J connectivity index is 2.69. The quantitative estimate of drug-likeness (QED) is 0.787. The van der Waals surface area contributed by atoms with E-state index in [1.165, 1.54) is 18.2 Å². The molecule has 0 saturated carbocycles. The fraction of sp³-hybridized carbons (Fsp3) is 0.400. The van der Waals surface area contributed by atoms with Crippen molar-refractivity contribution in [2.24, 2.45) is 5.73 Å². The lowest BCUT2D eigenvalue weighted by Gasteiger charge is -2.09. The maximum atomic E-state index is 12.8. The van der Waals surface area contributed by atoms with Gasteiger partial charge in [-0.05, 0) is 53.5 Å². The van der Waals surface area contributed by atoms with E-state index in [9.17, 15) is 12.8 Å². The summed E-state index contributed by atoms with van der Waals surface area (Å²) < 4.78 is 38.9. The average Bonchev–Trinajstić information content (AvgIpc) is 2.22. The Labute approximate surface area is 109 Å². The minimum absolute atomic E-state index is 0.00795. The molecule has 0 bridgehead atoms. The molecule has 0 radical (unpaired) electrons. The van der Waals surface area contributed by atoms with Gasteiger partial charge in [-0.25, -0.2) is 12.8 Å². The van der Waals surface area contributed by atoms with Crippen LogP contribution in [0.25, 0.3) is 0 Å². The van der Waals surface area contributed by atoms with Gasteiger partial charge in [0.25, 0.3) is 0 Å². The number of nitrogens with one attached hydrogen (secondary N) is 1. The summed E-state index contributed by atoms with van der Waals surface area (Å²) in [5, 5.41) is 0. The Morgan fingerprint density at radius 2 is 2.06 bits per heavy atom. The van der Waals surface area contributed by atoms with Crippen LogP contribution in [-0.2, 0) is 10.0 Å². The van der Waals surface area contributed by atoms with E-state index in [0.717, 1.165) is 0 Å². The highest BCUT2D eigenvalue weighted by Crippen LogP contribution is 2.24. The topological polar surface area (TPSA) is 72.2 Å². The fourth-order valence-corrected chi connectivity index (χ4v) is 3.01. The van der Waals surface area contributed by atoms with Crippen LogP contribution in [0.4, 0.5) is 10.1 Å². The molecule has 0 saturated heterocycles. The Morgan fingerprint density at radius 3 is 2.65 bits per heavy atom.